The Hall–Kier alpha value is -2.96. The molecule has 0 saturated carbocycles. The number of benzene rings is 1. The molecule has 21 heavy (non-hydrogen) atoms. The van der Waals surface area contributed by atoms with Crippen molar-refractivity contribution in [1.82, 2.24) is 19.9 Å². The van der Waals surface area contributed by atoms with Gasteiger partial charge in [0.05, 0.1) is 0 Å². The average Bonchev–Trinajstić information content (AvgIpc) is 2.47. The summed E-state index contributed by atoms with van der Waals surface area (Å²) in [5.41, 5.74) is 14.3. The fourth-order valence-corrected chi connectivity index (χ4v) is 1.98. The zero-order chi connectivity index (χ0) is 15.0. The van der Waals surface area contributed by atoms with Crippen LogP contribution in [0.3, 0.4) is 0 Å². The molecule has 0 saturated heterocycles. The van der Waals surface area contributed by atoms with Gasteiger partial charge in [-0.2, -0.15) is 9.97 Å². The lowest BCUT2D eigenvalue weighted by molar-refractivity contribution is 1.01. The van der Waals surface area contributed by atoms with Crippen LogP contribution in [-0.2, 0) is 0 Å². The van der Waals surface area contributed by atoms with E-state index in [2.05, 4.69) is 19.9 Å². The second-order valence-electron chi connectivity index (χ2n) is 4.80. The number of anilines is 3. The highest BCUT2D eigenvalue weighted by Crippen LogP contribution is 2.26. The molecule has 2 heterocycles. The second kappa shape index (κ2) is 4.86. The molecule has 1 aromatic carbocycles. The lowest BCUT2D eigenvalue weighted by Crippen LogP contribution is -2.15. The predicted molar refractivity (Wildman–Crippen MR) is 83.7 cm³/mol. The van der Waals surface area contributed by atoms with Crippen molar-refractivity contribution in [2.24, 2.45) is 0 Å². The average molecular weight is 281 g/mol. The minimum absolute atomic E-state index is 0.286. The number of fused-ring (bicyclic) bond motifs is 1. The number of nitrogen functional groups attached to an aromatic ring is 2. The van der Waals surface area contributed by atoms with Crippen LogP contribution in [0.25, 0.3) is 22.4 Å². The van der Waals surface area contributed by atoms with E-state index < -0.39 is 0 Å². The summed E-state index contributed by atoms with van der Waals surface area (Å²) in [4.78, 5) is 19.1. The number of hydrogen-bond donors (Lipinski definition) is 2. The molecule has 0 fully saturated rings. The molecule has 3 rings (SSSR count). The molecule has 0 amide bonds. The maximum Gasteiger partial charge on any atom is 0.228 e. The minimum atomic E-state index is 0.286. The van der Waals surface area contributed by atoms with Crippen LogP contribution in [0, 0.1) is 0 Å². The molecule has 106 valence electrons. The topological polar surface area (TPSA) is 107 Å². The van der Waals surface area contributed by atoms with Gasteiger partial charge in [0.15, 0.2) is 22.8 Å². The first-order chi connectivity index (χ1) is 10.1. The molecule has 0 spiro atoms. The van der Waals surface area contributed by atoms with Gasteiger partial charge < -0.3 is 16.4 Å². The van der Waals surface area contributed by atoms with Gasteiger partial charge in [-0.3, -0.25) is 0 Å². The summed E-state index contributed by atoms with van der Waals surface area (Å²) in [6.45, 7) is 0. The molecule has 7 heteroatoms. The van der Waals surface area contributed by atoms with Crippen LogP contribution in [0.4, 0.5) is 17.6 Å². The third-order valence-electron chi connectivity index (χ3n) is 3.02. The van der Waals surface area contributed by atoms with E-state index in [1.54, 1.807) is 4.90 Å². The van der Waals surface area contributed by atoms with Gasteiger partial charge in [0.25, 0.3) is 0 Å². The molecular formula is C14H15N7. The van der Waals surface area contributed by atoms with Crippen molar-refractivity contribution >= 4 is 28.7 Å². The van der Waals surface area contributed by atoms with Crippen LogP contribution >= 0.6 is 0 Å². The molecule has 4 N–H and O–H groups in total. The number of nitrogens with two attached hydrogens (primary N) is 2. The highest BCUT2D eigenvalue weighted by molar-refractivity contribution is 5.87. The standard InChI is InChI=1S/C14H15N7/c1-21(2)14-19-12(16)10-13(20-14)18-11(15)9(17-10)8-6-4-3-5-7-8/h3-7H,1-2H3,(H4,15,16,18,19,20). The molecule has 0 radical (unpaired) electrons. The van der Waals surface area contributed by atoms with E-state index >= 15 is 0 Å². The second-order valence-corrected chi connectivity index (χ2v) is 4.80. The summed E-state index contributed by atoms with van der Waals surface area (Å²) in [5.74, 6) is 1.08. The summed E-state index contributed by atoms with van der Waals surface area (Å²) in [6, 6.07) is 9.58. The highest BCUT2D eigenvalue weighted by Gasteiger charge is 2.14. The van der Waals surface area contributed by atoms with Crippen LogP contribution in [-0.4, -0.2) is 34.0 Å². The summed E-state index contributed by atoms with van der Waals surface area (Å²) in [5, 5.41) is 0. The third kappa shape index (κ3) is 2.29. The first-order valence-corrected chi connectivity index (χ1v) is 6.39. The van der Waals surface area contributed by atoms with Gasteiger partial charge >= 0.3 is 0 Å². The SMILES string of the molecule is CN(C)c1nc(N)c2nc(-c3ccccc3)c(N)nc2n1. The Morgan fingerprint density at radius 2 is 1.57 bits per heavy atom. The van der Waals surface area contributed by atoms with E-state index in [1.807, 2.05) is 44.4 Å². The predicted octanol–water partition coefficient (Wildman–Crippen LogP) is 1.32. The van der Waals surface area contributed by atoms with Gasteiger partial charge in [0, 0.05) is 19.7 Å². The Morgan fingerprint density at radius 1 is 0.857 bits per heavy atom. The molecular weight excluding hydrogens is 266 g/mol. The lowest BCUT2D eigenvalue weighted by Gasteiger charge is -2.12. The first-order valence-electron chi connectivity index (χ1n) is 6.39. The van der Waals surface area contributed by atoms with E-state index in [0.29, 0.717) is 28.6 Å². The van der Waals surface area contributed by atoms with Crippen LogP contribution in [0.5, 0.6) is 0 Å². The van der Waals surface area contributed by atoms with Crippen molar-refractivity contribution < 1.29 is 0 Å². The van der Waals surface area contributed by atoms with Gasteiger partial charge in [-0.1, -0.05) is 30.3 Å². The van der Waals surface area contributed by atoms with Gasteiger partial charge in [-0.15, -0.1) is 0 Å². The van der Waals surface area contributed by atoms with Crippen LogP contribution in [0.2, 0.25) is 0 Å². The van der Waals surface area contributed by atoms with Gasteiger partial charge in [0.1, 0.15) is 5.69 Å². The van der Waals surface area contributed by atoms with Gasteiger partial charge in [0.2, 0.25) is 5.95 Å². The normalized spacial score (nSPS) is 10.8. The molecule has 0 atom stereocenters. The zero-order valence-corrected chi connectivity index (χ0v) is 11.8. The van der Waals surface area contributed by atoms with Crippen molar-refractivity contribution in [2.75, 3.05) is 30.5 Å². The third-order valence-corrected chi connectivity index (χ3v) is 3.02. The van der Waals surface area contributed by atoms with Gasteiger partial charge in [-0.05, 0) is 0 Å². The van der Waals surface area contributed by atoms with E-state index in [1.165, 1.54) is 0 Å². The largest absolute Gasteiger partial charge is 0.382 e. The molecule has 3 aromatic rings. The zero-order valence-electron chi connectivity index (χ0n) is 11.8. The minimum Gasteiger partial charge on any atom is -0.382 e. The fraction of sp³-hybridized carbons (Fsp3) is 0.143. The van der Waals surface area contributed by atoms with Crippen molar-refractivity contribution in [1.29, 1.82) is 0 Å². The maximum absolute atomic E-state index is 6.01. The Balaban J connectivity index is 2.25. The summed E-state index contributed by atoms with van der Waals surface area (Å²) in [6.07, 6.45) is 0. The Morgan fingerprint density at radius 3 is 2.24 bits per heavy atom. The number of rotatable bonds is 2. The number of aromatic nitrogens is 4. The Bertz CT molecular complexity index is 799. The van der Waals surface area contributed by atoms with Crippen molar-refractivity contribution in [3.63, 3.8) is 0 Å². The molecule has 0 aliphatic heterocycles. The summed E-state index contributed by atoms with van der Waals surface area (Å²) < 4.78 is 0. The molecule has 7 nitrogen and oxygen atoms in total. The molecule has 0 aliphatic carbocycles. The molecule has 0 aliphatic rings. The monoisotopic (exact) mass is 281 g/mol. The molecule has 0 bridgehead atoms. The van der Waals surface area contributed by atoms with Crippen molar-refractivity contribution in [2.45, 2.75) is 0 Å². The van der Waals surface area contributed by atoms with E-state index in [4.69, 9.17) is 11.5 Å². The van der Waals surface area contributed by atoms with Crippen molar-refractivity contribution in [3.05, 3.63) is 30.3 Å². The fourth-order valence-electron chi connectivity index (χ4n) is 1.98. The number of hydrogen-bond acceptors (Lipinski definition) is 7. The highest BCUT2D eigenvalue weighted by atomic mass is 15.2. The Kier molecular flexibility index (Phi) is 3.02. The molecule has 0 unspecified atom stereocenters. The Labute approximate surface area is 121 Å². The van der Waals surface area contributed by atoms with Gasteiger partial charge in [-0.25, -0.2) is 9.97 Å². The maximum atomic E-state index is 6.01. The van der Waals surface area contributed by atoms with E-state index in [-0.39, 0.29) is 5.82 Å². The van der Waals surface area contributed by atoms with E-state index in [0.717, 1.165) is 5.56 Å². The smallest absolute Gasteiger partial charge is 0.228 e. The molecule has 2 aromatic heterocycles. The van der Waals surface area contributed by atoms with E-state index in [9.17, 15) is 0 Å². The van der Waals surface area contributed by atoms with Crippen LogP contribution in [0.1, 0.15) is 0 Å². The lowest BCUT2D eigenvalue weighted by atomic mass is 10.1. The quantitative estimate of drug-likeness (QED) is 0.729. The van der Waals surface area contributed by atoms with Crippen LogP contribution in [0.15, 0.2) is 30.3 Å². The first kappa shape index (κ1) is 13.0. The number of nitrogens with zero attached hydrogens (tertiary/aromatic N) is 5. The van der Waals surface area contributed by atoms with Crippen molar-refractivity contribution in [3.8, 4) is 11.3 Å². The van der Waals surface area contributed by atoms with Crippen LogP contribution < -0.4 is 16.4 Å². The summed E-state index contributed by atoms with van der Waals surface area (Å²) >= 11 is 0. The summed E-state index contributed by atoms with van der Waals surface area (Å²) in [7, 11) is 3.66.